The smallest absolute Gasteiger partial charge is 0.303 e. The van der Waals surface area contributed by atoms with Crippen molar-refractivity contribution < 1.29 is 30.1 Å². The van der Waals surface area contributed by atoms with Crippen LogP contribution in [0.4, 0.5) is 0 Å². The molecule has 6 atom stereocenters. The molecule has 1 aliphatic rings. The largest absolute Gasteiger partial charge is 0.481 e. The lowest BCUT2D eigenvalue weighted by atomic mass is 9.86. The van der Waals surface area contributed by atoms with E-state index in [9.17, 15) is 30.2 Å². The fourth-order valence-corrected chi connectivity index (χ4v) is 3.94. The molecule has 4 N–H and O–H groups in total. The lowest BCUT2D eigenvalue weighted by molar-refractivity contribution is -0.526. The summed E-state index contributed by atoms with van der Waals surface area (Å²) in [7, 11) is 0. The van der Waals surface area contributed by atoms with E-state index in [-0.39, 0.29) is 30.6 Å². The first-order valence-corrected chi connectivity index (χ1v) is 10.3. The molecule has 8 heteroatoms. The number of rotatable bonds is 14. The lowest BCUT2D eigenvalue weighted by Crippen LogP contribution is -2.30. The third kappa shape index (κ3) is 8.67. The van der Waals surface area contributed by atoms with E-state index < -0.39 is 42.2 Å². The van der Waals surface area contributed by atoms with Gasteiger partial charge in [-0.15, -0.1) is 0 Å². The standard InChI is InChI=1S/C20H35NO7/c1-2-3-4-8-15(22)10-11-16-17(19(24)13-18(16)23)12-14(21(27)28)7-5-6-9-20(25)26/h10-11,14-19,22-24H,2-9,12-13H2,1H3,(H,25,26)/b11-10+/t14?,15-,16+,17+,18+,19-/m0/s1. The minimum Gasteiger partial charge on any atom is -0.481 e. The molecule has 0 heterocycles. The minimum absolute atomic E-state index is 0.0174. The van der Waals surface area contributed by atoms with E-state index in [0.29, 0.717) is 19.3 Å². The second-order valence-electron chi connectivity index (χ2n) is 7.87. The van der Waals surface area contributed by atoms with Crippen LogP contribution < -0.4 is 0 Å². The highest BCUT2D eigenvalue weighted by Gasteiger charge is 2.43. The van der Waals surface area contributed by atoms with Crippen molar-refractivity contribution in [2.45, 2.75) is 95.5 Å². The lowest BCUT2D eigenvalue weighted by Gasteiger charge is -2.22. The van der Waals surface area contributed by atoms with E-state index in [1.807, 2.05) is 0 Å². The molecule has 0 aromatic heterocycles. The van der Waals surface area contributed by atoms with Gasteiger partial charge in [0.05, 0.1) is 18.3 Å². The Hall–Kier alpha value is -1.51. The van der Waals surface area contributed by atoms with Gasteiger partial charge in [-0.2, -0.15) is 0 Å². The van der Waals surface area contributed by atoms with E-state index in [1.165, 1.54) is 0 Å². The molecular weight excluding hydrogens is 366 g/mol. The molecule has 1 unspecified atom stereocenters. The van der Waals surface area contributed by atoms with E-state index in [1.54, 1.807) is 12.2 Å². The number of aliphatic hydroxyl groups excluding tert-OH is 3. The van der Waals surface area contributed by atoms with Crippen molar-refractivity contribution in [1.82, 2.24) is 0 Å². The molecule has 0 aromatic carbocycles. The summed E-state index contributed by atoms with van der Waals surface area (Å²) < 4.78 is 0. The normalized spacial score (nSPS) is 27.1. The first kappa shape index (κ1) is 24.5. The number of aliphatic carboxylic acids is 1. The number of nitro groups is 1. The summed E-state index contributed by atoms with van der Waals surface area (Å²) in [6.07, 6.45) is 6.02. The second-order valence-corrected chi connectivity index (χ2v) is 7.87. The van der Waals surface area contributed by atoms with Crippen molar-refractivity contribution in [3.63, 3.8) is 0 Å². The molecule has 0 aliphatic heterocycles. The molecule has 1 saturated carbocycles. The average molecular weight is 402 g/mol. The van der Waals surface area contributed by atoms with Gasteiger partial charge in [0.25, 0.3) is 0 Å². The Labute approximate surface area is 166 Å². The summed E-state index contributed by atoms with van der Waals surface area (Å²) in [5.74, 6) is -1.81. The first-order valence-electron chi connectivity index (χ1n) is 10.3. The topological polar surface area (TPSA) is 141 Å². The fraction of sp³-hybridized carbons (Fsp3) is 0.850. The monoisotopic (exact) mass is 401 g/mol. The van der Waals surface area contributed by atoms with Crippen LogP contribution in [0.2, 0.25) is 0 Å². The van der Waals surface area contributed by atoms with Crippen LogP contribution in [0.5, 0.6) is 0 Å². The fourth-order valence-electron chi connectivity index (χ4n) is 3.94. The zero-order chi connectivity index (χ0) is 21.1. The highest BCUT2D eigenvalue weighted by Crippen LogP contribution is 2.38. The first-order chi connectivity index (χ1) is 13.3. The Kier molecular flexibility index (Phi) is 11.3. The van der Waals surface area contributed by atoms with Crippen LogP contribution in [0.15, 0.2) is 12.2 Å². The Morgan fingerprint density at radius 1 is 1.18 bits per heavy atom. The van der Waals surface area contributed by atoms with Gasteiger partial charge in [0, 0.05) is 42.4 Å². The van der Waals surface area contributed by atoms with Crippen LogP contribution in [-0.2, 0) is 4.79 Å². The molecule has 1 fully saturated rings. The van der Waals surface area contributed by atoms with Gasteiger partial charge in [0.15, 0.2) is 0 Å². The van der Waals surface area contributed by atoms with Crippen molar-refractivity contribution in [2.75, 3.05) is 0 Å². The number of carbonyl (C=O) groups is 1. The molecule has 0 saturated heterocycles. The van der Waals surface area contributed by atoms with Crippen LogP contribution in [0.25, 0.3) is 0 Å². The van der Waals surface area contributed by atoms with E-state index in [0.717, 1.165) is 19.3 Å². The van der Waals surface area contributed by atoms with E-state index in [4.69, 9.17) is 5.11 Å². The Morgan fingerprint density at radius 2 is 1.86 bits per heavy atom. The predicted molar refractivity (Wildman–Crippen MR) is 104 cm³/mol. The van der Waals surface area contributed by atoms with Crippen molar-refractivity contribution in [3.05, 3.63) is 22.3 Å². The third-order valence-corrected chi connectivity index (χ3v) is 5.60. The van der Waals surface area contributed by atoms with Gasteiger partial charge in [-0.3, -0.25) is 14.9 Å². The number of unbranched alkanes of at least 4 members (excludes halogenated alkanes) is 3. The summed E-state index contributed by atoms with van der Waals surface area (Å²) in [5.41, 5.74) is 0. The number of carboxylic acid groups (broad SMARTS) is 1. The quantitative estimate of drug-likeness (QED) is 0.152. The van der Waals surface area contributed by atoms with Gasteiger partial charge >= 0.3 is 5.97 Å². The second kappa shape index (κ2) is 12.9. The highest BCUT2D eigenvalue weighted by molar-refractivity contribution is 5.66. The van der Waals surface area contributed by atoms with Crippen LogP contribution in [-0.4, -0.2) is 55.7 Å². The van der Waals surface area contributed by atoms with Crippen LogP contribution in [0.3, 0.4) is 0 Å². The number of aliphatic hydroxyl groups is 3. The number of nitrogens with zero attached hydrogens (tertiary/aromatic N) is 1. The van der Waals surface area contributed by atoms with Gasteiger partial charge < -0.3 is 20.4 Å². The van der Waals surface area contributed by atoms with Gasteiger partial charge in [-0.05, 0) is 19.3 Å². The van der Waals surface area contributed by atoms with E-state index >= 15 is 0 Å². The van der Waals surface area contributed by atoms with Crippen LogP contribution in [0.1, 0.15) is 71.1 Å². The van der Waals surface area contributed by atoms with Crippen molar-refractivity contribution in [3.8, 4) is 0 Å². The van der Waals surface area contributed by atoms with Gasteiger partial charge in [-0.1, -0.05) is 38.3 Å². The molecule has 0 spiro atoms. The minimum atomic E-state index is -0.922. The molecule has 1 aliphatic carbocycles. The van der Waals surface area contributed by atoms with Gasteiger partial charge in [0.2, 0.25) is 6.04 Å². The maximum atomic E-state index is 11.4. The molecule has 0 amide bonds. The molecule has 1 rings (SSSR count). The van der Waals surface area contributed by atoms with Gasteiger partial charge in [0.1, 0.15) is 0 Å². The molecule has 0 aromatic rings. The Bertz CT molecular complexity index is 511. The number of hydrogen-bond acceptors (Lipinski definition) is 6. The molecule has 28 heavy (non-hydrogen) atoms. The summed E-state index contributed by atoms with van der Waals surface area (Å²) >= 11 is 0. The summed E-state index contributed by atoms with van der Waals surface area (Å²) in [4.78, 5) is 21.6. The zero-order valence-corrected chi connectivity index (χ0v) is 16.7. The third-order valence-electron chi connectivity index (χ3n) is 5.60. The van der Waals surface area contributed by atoms with Crippen molar-refractivity contribution in [2.24, 2.45) is 11.8 Å². The maximum Gasteiger partial charge on any atom is 0.303 e. The summed E-state index contributed by atoms with van der Waals surface area (Å²) in [5, 5.41) is 50.7. The van der Waals surface area contributed by atoms with Crippen molar-refractivity contribution in [1.29, 1.82) is 0 Å². The number of carboxylic acids is 1. The van der Waals surface area contributed by atoms with Gasteiger partial charge in [-0.25, -0.2) is 0 Å². The highest BCUT2D eigenvalue weighted by atomic mass is 16.6. The molecular formula is C20H35NO7. The maximum absolute atomic E-state index is 11.4. The van der Waals surface area contributed by atoms with Crippen molar-refractivity contribution >= 4 is 5.97 Å². The van der Waals surface area contributed by atoms with E-state index in [2.05, 4.69) is 6.92 Å². The summed E-state index contributed by atoms with van der Waals surface area (Å²) in [6.45, 7) is 2.08. The molecule has 0 radical (unpaired) electrons. The van der Waals surface area contributed by atoms with Crippen LogP contribution >= 0.6 is 0 Å². The zero-order valence-electron chi connectivity index (χ0n) is 16.7. The average Bonchev–Trinajstić information content (AvgIpc) is 2.88. The molecule has 162 valence electrons. The Morgan fingerprint density at radius 3 is 2.46 bits per heavy atom. The SMILES string of the molecule is CCCCC[C@H](O)/C=C/[C@@H]1[C@@H](CC(CCCCC(=O)O)[N+](=O)[O-])[C@@H](O)C[C@H]1O. The molecule has 0 bridgehead atoms. The predicted octanol–water partition coefficient (Wildman–Crippen LogP) is 2.52. The number of hydrogen-bond donors (Lipinski definition) is 4. The summed E-state index contributed by atoms with van der Waals surface area (Å²) in [6, 6.07) is -0.885. The Balaban J connectivity index is 2.66. The molecule has 8 nitrogen and oxygen atoms in total. The van der Waals surface area contributed by atoms with Crippen LogP contribution in [0, 0.1) is 22.0 Å².